The summed E-state index contributed by atoms with van der Waals surface area (Å²) in [5.41, 5.74) is 3.51. The number of hydrogen-bond acceptors (Lipinski definition) is 3. The zero-order valence-corrected chi connectivity index (χ0v) is 10.2. The molecule has 0 aromatic carbocycles. The lowest BCUT2D eigenvalue weighted by atomic mass is 10.2. The predicted molar refractivity (Wildman–Crippen MR) is 64.0 cm³/mol. The third-order valence-corrected chi connectivity index (χ3v) is 2.39. The number of aromatic nitrogens is 1. The molecule has 0 aliphatic heterocycles. The molecule has 0 atom stereocenters. The molecular weight excluding hydrogens is 186 g/mol. The summed E-state index contributed by atoms with van der Waals surface area (Å²) < 4.78 is 0. The summed E-state index contributed by atoms with van der Waals surface area (Å²) in [5.74, 6) is 0. The molecule has 0 saturated carbocycles. The first-order chi connectivity index (χ1) is 7.09. The molecule has 3 nitrogen and oxygen atoms in total. The Morgan fingerprint density at radius 1 is 1.27 bits per heavy atom. The van der Waals surface area contributed by atoms with Gasteiger partial charge in [-0.15, -0.1) is 0 Å². The summed E-state index contributed by atoms with van der Waals surface area (Å²) in [6.07, 6.45) is 0. The van der Waals surface area contributed by atoms with Crippen molar-refractivity contribution in [3.8, 4) is 0 Å². The Morgan fingerprint density at radius 2 is 2.00 bits per heavy atom. The van der Waals surface area contributed by atoms with Crippen molar-refractivity contribution in [1.29, 1.82) is 0 Å². The molecule has 84 valence electrons. The third-order valence-electron chi connectivity index (χ3n) is 2.39. The monoisotopic (exact) mass is 207 g/mol. The van der Waals surface area contributed by atoms with E-state index in [1.807, 2.05) is 6.92 Å². The number of nitrogens with one attached hydrogen (secondary N) is 1. The fourth-order valence-electron chi connectivity index (χ4n) is 1.43. The van der Waals surface area contributed by atoms with Gasteiger partial charge in [-0.1, -0.05) is 6.07 Å². The van der Waals surface area contributed by atoms with Crippen molar-refractivity contribution in [1.82, 2.24) is 15.2 Å². The molecule has 3 heteroatoms. The van der Waals surface area contributed by atoms with Crippen LogP contribution in [0.5, 0.6) is 0 Å². The fraction of sp³-hybridized carbons (Fsp3) is 0.583. The molecule has 1 rings (SSSR count). The molecule has 0 fully saturated rings. The maximum atomic E-state index is 4.44. The maximum absolute atomic E-state index is 4.44. The number of hydrogen-bond donors (Lipinski definition) is 1. The second kappa shape index (κ2) is 5.83. The Kier molecular flexibility index (Phi) is 4.72. The standard InChI is InChI=1S/C12H21N3/c1-10-5-6-12(11(2)14-10)9-13-7-8-15(3)4/h5-6,13H,7-9H2,1-4H3. The minimum absolute atomic E-state index is 0.910. The van der Waals surface area contributed by atoms with Gasteiger partial charge in [-0.3, -0.25) is 4.98 Å². The average molecular weight is 207 g/mol. The van der Waals surface area contributed by atoms with Crippen molar-refractivity contribution < 1.29 is 0 Å². The van der Waals surface area contributed by atoms with Gasteiger partial charge in [0.15, 0.2) is 0 Å². The quantitative estimate of drug-likeness (QED) is 0.739. The van der Waals surface area contributed by atoms with Crippen LogP contribution in [0.3, 0.4) is 0 Å². The van der Waals surface area contributed by atoms with Gasteiger partial charge in [0.1, 0.15) is 0 Å². The molecular formula is C12H21N3. The summed E-state index contributed by atoms with van der Waals surface area (Å²) in [5, 5.41) is 3.41. The molecule has 1 aromatic heterocycles. The Morgan fingerprint density at radius 3 is 2.60 bits per heavy atom. The number of pyridine rings is 1. The van der Waals surface area contributed by atoms with Crippen molar-refractivity contribution in [3.63, 3.8) is 0 Å². The van der Waals surface area contributed by atoms with E-state index in [4.69, 9.17) is 0 Å². The second-order valence-electron chi connectivity index (χ2n) is 4.18. The van der Waals surface area contributed by atoms with E-state index in [1.54, 1.807) is 0 Å². The van der Waals surface area contributed by atoms with E-state index in [2.05, 4.69) is 48.4 Å². The van der Waals surface area contributed by atoms with Crippen molar-refractivity contribution in [3.05, 3.63) is 29.1 Å². The highest BCUT2D eigenvalue weighted by molar-refractivity contribution is 5.21. The number of likely N-dealkylation sites (N-methyl/N-ethyl adjacent to an activating group) is 1. The first kappa shape index (κ1) is 12.1. The van der Waals surface area contributed by atoms with E-state index in [0.717, 1.165) is 31.0 Å². The molecule has 1 N–H and O–H groups in total. The van der Waals surface area contributed by atoms with E-state index in [0.29, 0.717) is 0 Å². The van der Waals surface area contributed by atoms with Gasteiger partial charge in [-0.05, 0) is 39.6 Å². The van der Waals surface area contributed by atoms with Crippen molar-refractivity contribution in [2.24, 2.45) is 0 Å². The summed E-state index contributed by atoms with van der Waals surface area (Å²) >= 11 is 0. The summed E-state index contributed by atoms with van der Waals surface area (Å²) in [6, 6.07) is 4.22. The van der Waals surface area contributed by atoms with Crippen LogP contribution in [-0.4, -0.2) is 37.1 Å². The third kappa shape index (κ3) is 4.40. The van der Waals surface area contributed by atoms with Crippen LogP contribution in [0.25, 0.3) is 0 Å². The van der Waals surface area contributed by atoms with Gasteiger partial charge in [0.05, 0.1) is 0 Å². The van der Waals surface area contributed by atoms with Crippen LogP contribution in [-0.2, 0) is 6.54 Å². The van der Waals surface area contributed by atoms with E-state index in [9.17, 15) is 0 Å². The molecule has 0 bridgehead atoms. The zero-order chi connectivity index (χ0) is 11.3. The highest BCUT2D eigenvalue weighted by Crippen LogP contribution is 2.05. The average Bonchev–Trinajstić information content (AvgIpc) is 2.14. The highest BCUT2D eigenvalue weighted by Gasteiger charge is 1.99. The lowest BCUT2D eigenvalue weighted by Gasteiger charge is -2.11. The van der Waals surface area contributed by atoms with Gasteiger partial charge in [0.25, 0.3) is 0 Å². The van der Waals surface area contributed by atoms with Gasteiger partial charge in [-0.25, -0.2) is 0 Å². The molecule has 0 aliphatic carbocycles. The van der Waals surface area contributed by atoms with Crippen LogP contribution < -0.4 is 5.32 Å². The van der Waals surface area contributed by atoms with Crippen molar-refractivity contribution >= 4 is 0 Å². The Hall–Kier alpha value is -0.930. The fourth-order valence-corrected chi connectivity index (χ4v) is 1.43. The molecule has 0 radical (unpaired) electrons. The minimum atomic E-state index is 0.910. The van der Waals surface area contributed by atoms with Crippen LogP contribution in [0.4, 0.5) is 0 Å². The van der Waals surface area contributed by atoms with E-state index in [-0.39, 0.29) is 0 Å². The van der Waals surface area contributed by atoms with Crippen LogP contribution in [0, 0.1) is 13.8 Å². The Bertz CT molecular complexity index is 308. The summed E-state index contributed by atoms with van der Waals surface area (Å²) in [7, 11) is 4.17. The van der Waals surface area contributed by atoms with E-state index in [1.165, 1.54) is 5.56 Å². The van der Waals surface area contributed by atoms with Gasteiger partial charge in [0, 0.05) is 31.0 Å². The first-order valence-electron chi connectivity index (χ1n) is 5.38. The van der Waals surface area contributed by atoms with E-state index < -0.39 is 0 Å². The SMILES string of the molecule is Cc1ccc(CNCCN(C)C)c(C)n1. The first-order valence-corrected chi connectivity index (χ1v) is 5.38. The minimum Gasteiger partial charge on any atom is -0.311 e. The lowest BCUT2D eigenvalue weighted by molar-refractivity contribution is 0.400. The van der Waals surface area contributed by atoms with Crippen molar-refractivity contribution in [2.75, 3.05) is 27.2 Å². The predicted octanol–water partition coefficient (Wildman–Crippen LogP) is 1.35. The van der Waals surface area contributed by atoms with Gasteiger partial charge in [-0.2, -0.15) is 0 Å². The van der Waals surface area contributed by atoms with Crippen LogP contribution in [0.1, 0.15) is 17.0 Å². The molecule has 0 unspecified atom stereocenters. The second-order valence-corrected chi connectivity index (χ2v) is 4.18. The van der Waals surface area contributed by atoms with Gasteiger partial charge in [0.2, 0.25) is 0 Å². The van der Waals surface area contributed by atoms with E-state index >= 15 is 0 Å². The van der Waals surface area contributed by atoms with Crippen LogP contribution in [0.2, 0.25) is 0 Å². The highest BCUT2D eigenvalue weighted by atomic mass is 15.1. The van der Waals surface area contributed by atoms with Crippen molar-refractivity contribution in [2.45, 2.75) is 20.4 Å². The number of rotatable bonds is 5. The van der Waals surface area contributed by atoms with Gasteiger partial charge < -0.3 is 10.2 Å². The zero-order valence-electron chi connectivity index (χ0n) is 10.2. The van der Waals surface area contributed by atoms with Crippen LogP contribution in [0.15, 0.2) is 12.1 Å². The number of aryl methyl sites for hydroxylation is 2. The summed E-state index contributed by atoms with van der Waals surface area (Å²) in [6.45, 7) is 7.08. The smallest absolute Gasteiger partial charge is 0.0420 e. The lowest BCUT2D eigenvalue weighted by Crippen LogP contribution is -2.26. The molecule has 1 aromatic rings. The van der Waals surface area contributed by atoms with Gasteiger partial charge >= 0.3 is 0 Å². The topological polar surface area (TPSA) is 28.2 Å². The molecule has 0 saturated heterocycles. The normalized spacial score (nSPS) is 11.0. The molecule has 1 heterocycles. The largest absolute Gasteiger partial charge is 0.311 e. The molecule has 0 amide bonds. The molecule has 0 aliphatic rings. The van der Waals surface area contributed by atoms with Crippen LogP contribution >= 0.6 is 0 Å². The molecule has 0 spiro atoms. The summed E-state index contributed by atoms with van der Waals surface area (Å²) in [4.78, 5) is 6.61. The number of nitrogens with zero attached hydrogens (tertiary/aromatic N) is 2. The Balaban J connectivity index is 2.37. The molecule has 15 heavy (non-hydrogen) atoms. The maximum Gasteiger partial charge on any atom is 0.0420 e. The Labute approximate surface area is 92.5 Å².